The van der Waals surface area contributed by atoms with Gasteiger partial charge >= 0.3 is 6.09 Å². The summed E-state index contributed by atoms with van der Waals surface area (Å²) in [4.78, 5) is 12.0. The average molecular weight is 459 g/mol. The van der Waals surface area contributed by atoms with Gasteiger partial charge in [0.15, 0.2) is 5.65 Å². The van der Waals surface area contributed by atoms with Crippen LogP contribution in [0.4, 0.5) is 4.79 Å². The minimum absolute atomic E-state index is 0.135. The highest BCUT2D eigenvalue weighted by molar-refractivity contribution is 5.72. The van der Waals surface area contributed by atoms with Crippen LogP contribution in [0, 0.1) is 6.92 Å². The number of hydrogen-bond donors (Lipinski definition) is 2. The van der Waals surface area contributed by atoms with Gasteiger partial charge in [-0.1, -0.05) is 36.4 Å². The van der Waals surface area contributed by atoms with Crippen molar-refractivity contribution < 1.29 is 14.6 Å². The Labute approximate surface area is 199 Å². The van der Waals surface area contributed by atoms with Crippen LogP contribution in [0.3, 0.4) is 0 Å². The zero-order valence-electron chi connectivity index (χ0n) is 20.0. The van der Waals surface area contributed by atoms with Crippen LogP contribution in [-0.4, -0.2) is 38.0 Å². The molecule has 0 fully saturated rings. The summed E-state index contributed by atoms with van der Waals surface area (Å²) >= 11 is 0. The third kappa shape index (κ3) is 5.26. The van der Waals surface area contributed by atoms with E-state index < -0.39 is 11.7 Å². The molecule has 0 atom stereocenters. The highest BCUT2D eigenvalue weighted by atomic mass is 16.6. The molecule has 0 spiro atoms. The van der Waals surface area contributed by atoms with Crippen LogP contribution in [0.5, 0.6) is 0 Å². The molecule has 4 rings (SSSR count). The second-order valence-corrected chi connectivity index (χ2v) is 9.31. The fourth-order valence-electron chi connectivity index (χ4n) is 3.89. The van der Waals surface area contributed by atoms with Crippen LogP contribution >= 0.6 is 0 Å². The van der Waals surface area contributed by atoms with Crippen molar-refractivity contribution in [2.24, 2.45) is 0 Å². The fourth-order valence-corrected chi connectivity index (χ4v) is 3.89. The van der Waals surface area contributed by atoms with E-state index in [2.05, 4.69) is 38.1 Å². The lowest BCUT2D eigenvalue weighted by atomic mass is 10.0. The zero-order chi connectivity index (χ0) is 24.3. The van der Waals surface area contributed by atoms with E-state index >= 15 is 0 Å². The number of benzene rings is 2. The van der Waals surface area contributed by atoms with Gasteiger partial charge in [0, 0.05) is 18.7 Å². The molecule has 0 radical (unpaired) electrons. The molecule has 0 aliphatic heterocycles. The van der Waals surface area contributed by atoms with E-state index in [1.165, 1.54) is 0 Å². The Bertz CT molecular complexity index is 1300. The minimum atomic E-state index is -0.531. The fraction of sp³-hybridized carbons (Fsp3) is 0.296. The summed E-state index contributed by atoms with van der Waals surface area (Å²) in [5.74, 6) is 0. The summed E-state index contributed by atoms with van der Waals surface area (Å²) in [5.41, 5.74) is 7.41. The number of aromatic nitrogens is 3. The Hall–Kier alpha value is -3.71. The molecule has 0 aliphatic carbocycles. The third-order valence-corrected chi connectivity index (χ3v) is 5.55. The molecule has 2 N–H and O–H groups in total. The molecular weight excluding hydrogens is 428 g/mol. The van der Waals surface area contributed by atoms with Crippen molar-refractivity contribution in [3.63, 3.8) is 0 Å². The Balaban J connectivity index is 1.63. The first-order valence-corrected chi connectivity index (χ1v) is 11.4. The van der Waals surface area contributed by atoms with Gasteiger partial charge in [-0.15, -0.1) is 5.10 Å². The topological polar surface area (TPSA) is 88.8 Å². The molecule has 0 saturated carbocycles. The number of rotatable bonds is 6. The normalized spacial score (nSPS) is 11.6. The van der Waals surface area contributed by atoms with Gasteiger partial charge in [-0.05, 0) is 74.6 Å². The van der Waals surface area contributed by atoms with Crippen molar-refractivity contribution in [1.29, 1.82) is 0 Å². The molecule has 2 heterocycles. The molecule has 0 aliphatic rings. The Morgan fingerprint density at radius 1 is 1.03 bits per heavy atom. The van der Waals surface area contributed by atoms with Crippen LogP contribution < -0.4 is 5.32 Å². The standard InChI is InChI=1S/C27H30N4O3/c1-18-15-21(9-10-22(18)16-28-26(33)34-27(2,3)4)24-17-29-30-25-12-11-23(31(24)25)20-7-5-19(6-8-20)13-14-32/h5-12,15,17,32H,13-14,16H2,1-4H3,(H,28,33). The molecular formula is C27H30N4O3. The van der Waals surface area contributed by atoms with Gasteiger partial charge in [0.25, 0.3) is 0 Å². The number of hydrogen-bond acceptors (Lipinski definition) is 5. The van der Waals surface area contributed by atoms with Crippen molar-refractivity contribution in [3.05, 3.63) is 77.5 Å². The van der Waals surface area contributed by atoms with E-state index in [1.54, 1.807) is 6.20 Å². The van der Waals surface area contributed by atoms with Gasteiger partial charge in [0.05, 0.1) is 17.6 Å². The number of fused-ring (bicyclic) bond motifs is 1. The molecule has 2 aromatic carbocycles. The SMILES string of the molecule is Cc1cc(-c2cnnc3ccc(-c4ccc(CCO)cc4)n23)ccc1CNC(=O)OC(C)(C)C. The summed E-state index contributed by atoms with van der Waals surface area (Å²) in [6, 6.07) is 18.3. The summed E-state index contributed by atoms with van der Waals surface area (Å²) in [6.07, 6.45) is 1.97. The number of aryl methyl sites for hydroxylation is 1. The van der Waals surface area contributed by atoms with E-state index in [0.29, 0.717) is 13.0 Å². The number of carbonyl (C=O) groups excluding carboxylic acids is 1. The zero-order valence-corrected chi connectivity index (χ0v) is 20.0. The number of amides is 1. The number of ether oxygens (including phenoxy) is 1. The molecule has 0 bridgehead atoms. The lowest BCUT2D eigenvalue weighted by Gasteiger charge is -2.20. The summed E-state index contributed by atoms with van der Waals surface area (Å²) in [7, 11) is 0. The molecule has 7 nitrogen and oxygen atoms in total. The average Bonchev–Trinajstić information content (AvgIpc) is 3.22. The molecule has 176 valence electrons. The van der Waals surface area contributed by atoms with Gasteiger partial charge in [-0.25, -0.2) is 4.79 Å². The first-order valence-electron chi connectivity index (χ1n) is 11.4. The van der Waals surface area contributed by atoms with Crippen LogP contribution in [0.1, 0.15) is 37.5 Å². The maximum absolute atomic E-state index is 12.0. The van der Waals surface area contributed by atoms with Gasteiger partial charge < -0.3 is 15.2 Å². The van der Waals surface area contributed by atoms with Crippen molar-refractivity contribution in [2.75, 3.05) is 6.61 Å². The third-order valence-electron chi connectivity index (χ3n) is 5.55. The lowest BCUT2D eigenvalue weighted by Crippen LogP contribution is -2.32. The quantitative estimate of drug-likeness (QED) is 0.428. The second kappa shape index (κ2) is 9.65. The predicted octanol–water partition coefficient (Wildman–Crippen LogP) is 4.93. The largest absolute Gasteiger partial charge is 0.444 e. The smallest absolute Gasteiger partial charge is 0.407 e. The van der Waals surface area contributed by atoms with Crippen LogP contribution in [-0.2, 0) is 17.7 Å². The molecule has 1 amide bonds. The number of nitrogens with zero attached hydrogens (tertiary/aromatic N) is 3. The van der Waals surface area contributed by atoms with E-state index in [9.17, 15) is 9.90 Å². The molecule has 7 heteroatoms. The first-order chi connectivity index (χ1) is 16.2. The summed E-state index contributed by atoms with van der Waals surface area (Å²) in [6.45, 7) is 8.08. The van der Waals surface area contributed by atoms with Gasteiger partial charge in [0.1, 0.15) is 5.60 Å². The van der Waals surface area contributed by atoms with Crippen LogP contribution in [0.15, 0.2) is 60.8 Å². The number of nitrogens with one attached hydrogen (secondary N) is 1. The molecule has 0 saturated heterocycles. The maximum Gasteiger partial charge on any atom is 0.407 e. The van der Waals surface area contributed by atoms with E-state index in [1.807, 2.05) is 64.1 Å². The van der Waals surface area contributed by atoms with Gasteiger partial charge in [-0.2, -0.15) is 5.10 Å². The number of alkyl carbamates (subject to hydrolysis) is 1. The summed E-state index contributed by atoms with van der Waals surface area (Å²) in [5, 5.41) is 20.5. The monoisotopic (exact) mass is 458 g/mol. The van der Waals surface area contributed by atoms with E-state index in [0.717, 1.165) is 44.9 Å². The molecule has 2 aromatic heterocycles. The first kappa shape index (κ1) is 23.4. The molecule has 34 heavy (non-hydrogen) atoms. The van der Waals surface area contributed by atoms with Crippen molar-refractivity contribution in [1.82, 2.24) is 19.9 Å². The molecule has 0 unspecified atom stereocenters. The Morgan fingerprint density at radius 2 is 1.76 bits per heavy atom. The molecule has 4 aromatic rings. The highest BCUT2D eigenvalue weighted by Crippen LogP contribution is 2.29. The van der Waals surface area contributed by atoms with Gasteiger partial charge in [0.2, 0.25) is 0 Å². The minimum Gasteiger partial charge on any atom is -0.444 e. The van der Waals surface area contributed by atoms with E-state index in [-0.39, 0.29) is 6.61 Å². The summed E-state index contributed by atoms with van der Waals surface area (Å²) < 4.78 is 7.43. The van der Waals surface area contributed by atoms with Crippen molar-refractivity contribution in [2.45, 2.75) is 46.3 Å². The van der Waals surface area contributed by atoms with Crippen molar-refractivity contribution in [3.8, 4) is 22.5 Å². The maximum atomic E-state index is 12.0. The van der Waals surface area contributed by atoms with Crippen molar-refractivity contribution >= 4 is 11.7 Å². The predicted molar refractivity (Wildman–Crippen MR) is 132 cm³/mol. The van der Waals surface area contributed by atoms with Gasteiger partial charge in [-0.3, -0.25) is 4.40 Å². The number of aliphatic hydroxyl groups excluding tert-OH is 1. The Morgan fingerprint density at radius 3 is 2.44 bits per heavy atom. The second-order valence-electron chi connectivity index (χ2n) is 9.31. The Kier molecular flexibility index (Phi) is 6.65. The van der Waals surface area contributed by atoms with Crippen LogP contribution in [0.25, 0.3) is 28.2 Å². The van der Waals surface area contributed by atoms with E-state index in [4.69, 9.17) is 4.74 Å². The number of carbonyl (C=O) groups is 1. The highest BCUT2D eigenvalue weighted by Gasteiger charge is 2.16. The van der Waals surface area contributed by atoms with Crippen LogP contribution in [0.2, 0.25) is 0 Å². The number of aliphatic hydroxyl groups is 1. The lowest BCUT2D eigenvalue weighted by molar-refractivity contribution is 0.0523.